The number of halogens is 1. The molecule has 3 unspecified atom stereocenters. The monoisotopic (exact) mass is 191 g/mol. The first-order chi connectivity index (χ1) is 6.22. The van der Waals surface area contributed by atoms with E-state index in [9.17, 15) is 4.39 Å². The van der Waals surface area contributed by atoms with Crippen LogP contribution in [0.2, 0.25) is 0 Å². The molecule has 0 heterocycles. The summed E-state index contributed by atoms with van der Waals surface area (Å²) in [6.07, 6.45) is 3.07. The molecule has 78 valence electrons. The van der Waals surface area contributed by atoms with Crippen molar-refractivity contribution < 1.29 is 14.2 Å². The Morgan fingerprint density at radius 2 is 2.31 bits per heavy atom. The van der Waals surface area contributed by atoms with E-state index in [4.69, 9.17) is 15.6 Å². The number of hydrogen-bond donors (Lipinski definition) is 2. The Labute approximate surface area is 78.1 Å². The molecule has 0 aromatic heterocycles. The van der Waals surface area contributed by atoms with Gasteiger partial charge in [-0.25, -0.2) is 4.39 Å². The second kappa shape index (κ2) is 5.52. The molecule has 3 nitrogen and oxygen atoms in total. The van der Waals surface area contributed by atoms with Crippen LogP contribution in [0, 0.1) is 0 Å². The minimum atomic E-state index is -0.974. The average molecular weight is 191 g/mol. The van der Waals surface area contributed by atoms with E-state index < -0.39 is 12.8 Å². The quantitative estimate of drug-likeness (QED) is 0.684. The minimum Gasteiger partial charge on any atom is -0.388 e. The van der Waals surface area contributed by atoms with Gasteiger partial charge in [-0.2, -0.15) is 0 Å². The van der Waals surface area contributed by atoms with Crippen molar-refractivity contribution in [1.29, 1.82) is 0 Å². The van der Waals surface area contributed by atoms with Gasteiger partial charge in [-0.1, -0.05) is 0 Å². The van der Waals surface area contributed by atoms with Crippen LogP contribution < -0.4 is 5.73 Å². The fourth-order valence-corrected chi connectivity index (χ4v) is 1.62. The molecule has 0 radical (unpaired) electrons. The van der Waals surface area contributed by atoms with Crippen molar-refractivity contribution in [2.45, 2.75) is 43.9 Å². The van der Waals surface area contributed by atoms with E-state index in [1.807, 2.05) is 0 Å². The lowest BCUT2D eigenvalue weighted by atomic mass is 9.93. The van der Waals surface area contributed by atoms with Gasteiger partial charge >= 0.3 is 0 Å². The van der Waals surface area contributed by atoms with Crippen LogP contribution in [0.5, 0.6) is 0 Å². The summed E-state index contributed by atoms with van der Waals surface area (Å²) in [7, 11) is 0. The predicted octanol–water partition coefficient (Wildman–Crippen LogP) is 0.603. The summed E-state index contributed by atoms with van der Waals surface area (Å²) >= 11 is 0. The summed E-state index contributed by atoms with van der Waals surface area (Å²) < 4.78 is 17.2. The van der Waals surface area contributed by atoms with E-state index in [2.05, 4.69) is 0 Å². The predicted molar refractivity (Wildman–Crippen MR) is 48.2 cm³/mol. The van der Waals surface area contributed by atoms with Crippen LogP contribution in [0.1, 0.15) is 25.7 Å². The summed E-state index contributed by atoms with van der Waals surface area (Å²) in [4.78, 5) is 0. The van der Waals surface area contributed by atoms with Crippen molar-refractivity contribution in [2.24, 2.45) is 5.73 Å². The summed E-state index contributed by atoms with van der Waals surface area (Å²) in [6, 6.07) is 0.210. The summed E-state index contributed by atoms with van der Waals surface area (Å²) in [5.74, 6) is 0. The van der Waals surface area contributed by atoms with Crippen molar-refractivity contribution in [3.8, 4) is 0 Å². The van der Waals surface area contributed by atoms with Gasteiger partial charge in [-0.3, -0.25) is 0 Å². The Bertz CT molecular complexity index is 146. The van der Waals surface area contributed by atoms with E-state index in [0.717, 1.165) is 25.7 Å². The Morgan fingerprint density at radius 3 is 2.92 bits per heavy atom. The third-order valence-electron chi connectivity index (χ3n) is 2.37. The van der Waals surface area contributed by atoms with E-state index in [1.165, 1.54) is 0 Å². The molecular formula is C9H18FNO2. The van der Waals surface area contributed by atoms with Crippen molar-refractivity contribution in [3.63, 3.8) is 0 Å². The Kier molecular flexibility index (Phi) is 4.62. The molecule has 13 heavy (non-hydrogen) atoms. The van der Waals surface area contributed by atoms with Gasteiger partial charge in [0, 0.05) is 6.04 Å². The number of ether oxygens (including phenoxy) is 1. The van der Waals surface area contributed by atoms with Crippen molar-refractivity contribution in [3.05, 3.63) is 0 Å². The lowest BCUT2D eigenvalue weighted by molar-refractivity contribution is -0.0325. The highest BCUT2D eigenvalue weighted by Crippen LogP contribution is 2.19. The lowest BCUT2D eigenvalue weighted by Gasteiger charge is -2.27. The third kappa shape index (κ3) is 4.02. The molecule has 3 atom stereocenters. The fourth-order valence-electron chi connectivity index (χ4n) is 1.62. The topological polar surface area (TPSA) is 55.5 Å². The standard InChI is InChI=1S/C9H18FNO2/c10-5-8(12)6-13-9-3-1-2-7(11)4-9/h7-9,12H,1-6,11H2. The van der Waals surface area contributed by atoms with E-state index in [1.54, 1.807) is 0 Å². The number of hydrogen-bond acceptors (Lipinski definition) is 3. The number of aliphatic hydroxyl groups excluding tert-OH is 1. The number of alkyl halides is 1. The molecule has 0 aromatic carbocycles. The van der Waals surface area contributed by atoms with E-state index >= 15 is 0 Å². The molecule has 4 heteroatoms. The minimum absolute atomic E-state index is 0.0912. The molecule has 0 aliphatic heterocycles. The van der Waals surface area contributed by atoms with Crippen molar-refractivity contribution in [1.82, 2.24) is 0 Å². The first kappa shape index (κ1) is 10.9. The van der Waals surface area contributed by atoms with Crippen molar-refractivity contribution >= 4 is 0 Å². The third-order valence-corrected chi connectivity index (χ3v) is 2.37. The van der Waals surface area contributed by atoms with Crippen LogP contribution in [-0.2, 0) is 4.74 Å². The van der Waals surface area contributed by atoms with E-state index in [-0.39, 0.29) is 18.8 Å². The zero-order chi connectivity index (χ0) is 9.68. The van der Waals surface area contributed by atoms with Gasteiger partial charge in [0.05, 0.1) is 12.7 Å². The number of rotatable bonds is 4. The second-order valence-corrected chi connectivity index (χ2v) is 3.69. The average Bonchev–Trinajstić information content (AvgIpc) is 2.14. The Hall–Kier alpha value is -0.190. The maximum Gasteiger partial charge on any atom is 0.118 e. The molecule has 1 rings (SSSR count). The van der Waals surface area contributed by atoms with Crippen molar-refractivity contribution in [2.75, 3.05) is 13.3 Å². The maximum atomic E-state index is 11.9. The summed E-state index contributed by atoms with van der Waals surface area (Å²) in [5.41, 5.74) is 5.75. The van der Waals surface area contributed by atoms with E-state index in [0.29, 0.717) is 0 Å². The van der Waals surface area contributed by atoms with Crippen LogP contribution in [0.3, 0.4) is 0 Å². The van der Waals surface area contributed by atoms with Gasteiger partial charge in [0.1, 0.15) is 12.8 Å². The zero-order valence-electron chi connectivity index (χ0n) is 7.79. The first-order valence-electron chi connectivity index (χ1n) is 4.83. The van der Waals surface area contributed by atoms with Gasteiger partial charge in [-0.05, 0) is 25.7 Å². The number of nitrogens with two attached hydrogens (primary N) is 1. The maximum absolute atomic E-state index is 11.9. The number of aliphatic hydroxyl groups is 1. The molecular weight excluding hydrogens is 173 g/mol. The van der Waals surface area contributed by atoms with Gasteiger partial charge in [-0.15, -0.1) is 0 Å². The first-order valence-corrected chi connectivity index (χ1v) is 4.83. The molecule has 0 amide bonds. The molecule has 3 N–H and O–H groups in total. The molecule has 1 saturated carbocycles. The fraction of sp³-hybridized carbons (Fsp3) is 1.00. The molecule has 0 spiro atoms. The van der Waals surface area contributed by atoms with Gasteiger partial charge < -0.3 is 15.6 Å². The smallest absolute Gasteiger partial charge is 0.118 e. The second-order valence-electron chi connectivity index (χ2n) is 3.69. The normalized spacial score (nSPS) is 31.6. The molecule has 1 fully saturated rings. The van der Waals surface area contributed by atoms with Gasteiger partial charge in [0.25, 0.3) is 0 Å². The summed E-state index contributed by atoms with van der Waals surface area (Å²) in [5, 5.41) is 8.92. The molecule has 0 bridgehead atoms. The molecule has 0 saturated heterocycles. The van der Waals surface area contributed by atoms with Gasteiger partial charge in [0.2, 0.25) is 0 Å². The Morgan fingerprint density at radius 1 is 1.54 bits per heavy atom. The molecule has 0 aromatic rings. The van der Waals surface area contributed by atoms with Crippen LogP contribution in [0.15, 0.2) is 0 Å². The van der Waals surface area contributed by atoms with Crippen LogP contribution in [0.4, 0.5) is 4.39 Å². The SMILES string of the molecule is NC1CCCC(OCC(O)CF)C1. The van der Waals surface area contributed by atoms with Crippen LogP contribution in [0.25, 0.3) is 0 Å². The van der Waals surface area contributed by atoms with Gasteiger partial charge in [0.15, 0.2) is 0 Å². The lowest BCUT2D eigenvalue weighted by Crippen LogP contribution is -2.34. The Balaban J connectivity index is 2.13. The highest BCUT2D eigenvalue weighted by Gasteiger charge is 2.20. The van der Waals surface area contributed by atoms with Crippen LogP contribution >= 0.6 is 0 Å². The largest absolute Gasteiger partial charge is 0.388 e. The highest BCUT2D eigenvalue weighted by atomic mass is 19.1. The molecule has 1 aliphatic carbocycles. The highest BCUT2D eigenvalue weighted by molar-refractivity contribution is 4.75. The molecule has 1 aliphatic rings. The van der Waals surface area contributed by atoms with Crippen LogP contribution in [-0.4, -0.2) is 36.6 Å². The summed E-state index contributed by atoms with van der Waals surface area (Å²) in [6.45, 7) is -0.646. The zero-order valence-corrected chi connectivity index (χ0v) is 7.79.